The largest absolute Gasteiger partial charge is 0.462 e. The summed E-state index contributed by atoms with van der Waals surface area (Å²) in [5.41, 5.74) is 0. The summed E-state index contributed by atoms with van der Waals surface area (Å²) < 4.78 is 16.8. The first-order valence-corrected chi connectivity index (χ1v) is 26.8. The molecular weight excluding hydrogens is 781 g/mol. The van der Waals surface area contributed by atoms with E-state index < -0.39 is 6.10 Å². The highest BCUT2D eigenvalue weighted by molar-refractivity contribution is 5.71. The maximum absolute atomic E-state index is 12.8. The summed E-state index contributed by atoms with van der Waals surface area (Å²) in [6, 6.07) is 0. The minimum absolute atomic E-state index is 0.0914. The van der Waals surface area contributed by atoms with Crippen LogP contribution in [0.3, 0.4) is 0 Å². The third-order valence-corrected chi connectivity index (χ3v) is 11.5. The molecule has 0 amide bonds. The summed E-state index contributed by atoms with van der Waals surface area (Å²) in [6.45, 7) is 6.46. The Balaban J connectivity index is 4.36. The van der Waals surface area contributed by atoms with Crippen LogP contribution in [0.2, 0.25) is 0 Å². The van der Waals surface area contributed by atoms with Gasteiger partial charge in [-0.2, -0.15) is 0 Å². The summed E-state index contributed by atoms with van der Waals surface area (Å²) in [6.07, 6.45) is 63.6. The fourth-order valence-electron chi connectivity index (χ4n) is 7.47. The van der Waals surface area contributed by atoms with Gasteiger partial charge in [0.25, 0.3) is 0 Å². The third kappa shape index (κ3) is 50.0. The van der Waals surface area contributed by atoms with E-state index in [1.165, 1.54) is 135 Å². The van der Waals surface area contributed by atoms with Crippen molar-refractivity contribution in [2.75, 3.05) is 13.2 Å². The van der Waals surface area contributed by atoms with Gasteiger partial charge in [0.15, 0.2) is 6.10 Å². The Hall–Kier alpha value is -2.89. The fourth-order valence-corrected chi connectivity index (χ4v) is 7.47. The van der Waals surface area contributed by atoms with E-state index in [0.29, 0.717) is 19.3 Å². The number of hydrogen-bond acceptors (Lipinski definition) is 6. The second kappa shape index (κ2) is 51.7. The number of unbranched alkanes of at least 4 members (excludes halogenated alkanes) is 27. The molecule has 0 bridgehead atoms. The molecular formula is C57H100O6. The van der Waals surface area contributed by atoms with E-state index in [4.69, 9.17) is 14.2 Å². The maximum Gasteiger partial charge on any atom is 0.306 e. The minimum Gasteiger partial charge on any atom is -0.462 e. The number of hydrogen-bond donors (Lipinski definition) is 0. The number of ether oxygens (including phenoxy) is 3. The highest BCUT2D eigenvalue weighted by Gasteiger charge is 2.19. The van der Waals surface area contributed by atoms with Crippen molar-refractivity contribution in [2.45, 2.75) is 271 Å². The number of rotatable bonds is 48. The van der Waals surface area contributed by atoms with Crippen LogP contribution < -0.4 is 0 Å². The molecule has 0 saturated heterocycles. The van der Waals surface area contributed by atoms with Crippen LogP contribution in [0.5, 0.6) is 0 Å². The average molecular weight is 881 g/mol. The van der Waals surface area contributed by atoms with Gasteiger partial charge in [0.2, 0.25) is 0 Å². The highest BCUT2D eigenvalue weighted by Crippen LogP contribution is 2.16. The monoisotopic (exact) mass is 881 g/mol. The van der Waals surface area contributed by atoms with Crippen molar-refractivity contribution in [3.05, 3.63) is 60.8 Å². The van der Waals surface area contributed by atoms with Crippen LogP contribution in [0.4, 0.5) is 0 Å². The number of allylic oxidation sites excluding steroid dienone is 10. The van der Waals surface area contributed by atoms with Gasteiger partial charge in [0.05, 0.1) is 0 Å². The molecule has 0 aromatic rings. The van der Waals surface area contributed by atoms with E-state index in [0.717, 1.165) is 83.5 Å². The molecule has 0 aromatic heterocycles. The second-order valence-electron chi connectivity index (χ2n) is 17.8. The number of carbonyl (C=O) groups excluding carboxylic acids is 3. The molecule has 0 radical (unpaired) electrons. The summed E-state index contributed by atoms with van der Waals surface area (Å²) in [7, 11) is 0. The molecule has 1 atom stereocenters. The number of esters is 3. The molecule has 6 heteroatoms. The predicted octanol–water partition coefficient (Wildman–Crippen LogP) is 17.6. The van der Waals surface area contributed by atoms with Crippen molar-refractivity contribution in [1.82, 2.24) is 0 Å². The Kier molecular flexibility index (Phi) is 49.4. The van der Waals surface area contributed by atoms with Crippen molar-refractivity contribution < 1.29 is 28.6 Å². The molecule has 0 saturated carbocycles. The van der Waals surface area contributed by atoms with Crippen molar-refractivity contribution >= 4 is 17.9 Å². The quantitative estimate of drug-likeness (QED) is 0.0262. The van der Waals surface area contributed by atoms with Gasteiger partial charge in [-0.15, -0.1) is 0 Å². The van der Waals surface area contributed by atoms with E-state index in [-0.39, 0.29) is 37.5 Å². The first-order valence-electron chi connectivity index (χ1n) is 26.8. The van der Waals surface area contributed by atoms with E-state index in [1.807, 2.05) is 0 Å². The van der Waals surface area contributed by atoms with Crippen molar-refractivity contribution in [3.63, 3.8) is 0 Å². The van der Waals surface area contributed by atoms with Crippen molar-refractivity contribution in [2.24, 2.45) is 0 Å². The van der Waals surface area contributed by atoms with Gasteiger partial charge < -0.3 is 14.2 Å². The normalized spacial score (nSPS) is 12.5. The van der Waals surface area contributed by atoms with E-state index >= 15 is 0 Å². The average Bonchev–Trinajstić information content (AvgIpc) is 3.28. The molecule has 0 rings (SSSR count). The molecule has 63 heavy (non-hydrogen) atoms. The standard InChI is InChI=1S/C57H100O6/c1-4-7-10-13-16-19-22-24-26-27-28-29-31-32-35-38-41-44-47-50-56(59)62-53-54(52-61-55(58)49-46-43-40-37-34-21-18-15-12-9-6-3)63-57(60)51-48-45-42-39-36-33-30-25-23-20-17-14-11-8-5-2/h8,11,15,17-18,20,25,30,36,39,54H,4-7,9-10,12-14,16,19,21-24,26-29,31-35,37-38,40-53H2,1-3H3/b11-8-,18-15-,20-17-,30-25-,39-36-/t54-/m1/s1. The van der Waals surface area contributed by atoms with Gasteiger partial charge in [-0.05, 0) is 77.0 Å². The van der Waals surface area contributed by atoms with Gasteiger partial charge in [0, 0.05) is 19.3 Å². The lowest BCUT2D eigenvalue weighted by Gasteiger charge is -2.18. The summed E-state index contributed by atoms with van der Waals surface area (Å²) in [5.74, 6) is -0.937. The summed E-state index contributed by atoms with van der Waals surface area (Å²) in [5, 5.41) is 0. The Morgan fingerprint density at radius 3 is 1.06 bits per heavy atom. The molecule has 364 valence electrons. The van der Waals surface area contributed by atoms with Crippen molar-refractivity contribution in [3.8, 4) is 0 Å². The minimum atomic E-state index is -0.796. The summed E-state index contributed by atoms with van der Waals surface area (Å²) in [4.78, 5) is 38.0. The van der Waals surface area contributed by atoms with Crippen LogP contribution in [0.25, 0.3) is 0 Å². The summed E-state index contributed by atoms with van der Waals surface area (Å²) >= 11 is 0. The lowest BCUT2D eigenvalue weighted by molar-refractivity contribution is -0.167. The first-order chi connectivity index (χ1) is 31.0. The van der Waals surface area contributed by atoms with Gasteiger partial charge in [-0.25, -0.2) is 0 Å². The molecule has 0 aliphatic carbocycles. The Labute approximate surface area is 390 Å². The van der Waals surface area contributed by atoms with Crippen molar-refractivity contribution in [1.29, 1.82) is 0 Å². The second-order valence-corrected chi connectivity index (χ2v) is 17.8. The SMILES string of the molecule is CC/C=C\C/C=C\C/C=C\C/C=C\CCCCC(=O)O[C@H](COC(=O)CCCCCCC/C=C\CCCC)COC(=O)CCCCCCCCCCCCCCCCCCCCC. The van der Waals surface area contributed by atoms with Crippen LogP contribution in [-0.2, 0) is 28.6 Å². The molecule has 0 N–H and O–H groups in total. The van der Waals surface area contributed by atoms with Gasteiger partial charge in [0.1, 0.15) is 13.2 Å². The van der Waals surface area contributed by atoms with Gasteiger partial charge in [-0.1, -0.05) is 229 Å². The zero-order valence-corrected chi connectivity index (χ0v) is 41.6. The van der Waals surface area contributed by atoms with Gasteiger partial charge >= 0.3 is 17.9 Å². The van der Waals surface area contributed by atoms with Crippen LogP contribution in [-0.4, -0.2) is 37.2 Å². The Morgan fingerprint density at radius 1 is 0.333 bits per heavy atom. The van der Waals surface area contributed by atoms with Crippen LogP contribution in [0.15, 0.2) is 60.8 Å². The van der Waals surface area contributed by atoms with E-state index in [9.17, 15) is 14.4 Å². The fraction of sp³-hybridized carbons (Fsp3) is 0.772. The topological polar surface area (TPSA) is 78.9 Å². The highest BCUT2D eigenvalue weighted by atomic mass is 16.6. The zero-order valence-electron chi connectivity index (χ0n) is 41.6. The molecule has 0 unspecified atom stereocenters. The van der Waals surface area contributed by atoms with Crippen LogP contribution in [0.1, 0.15) is 265 Å². The predicted molar refractivity (Wildman–Crippen MR) is 270 cm³/mol. The van der Waals surface area contributed by atoms with E-state index in [2.05, 4.69) is 81.5 Å². The Morgan fingerprint density at radius 2 is 0.635 bits per heavy atom. The molecule has 0 aliphatic heterocycles. The first kappa shape index (κ1) is 60.1. The van der Waals surface area contributed by atoms with E-state index in [1.54, 1.807) is 0 Å². The van der Waals surface area contributed by atoms with Crippen LogP contribution in [0, 0.1) is 0 Å². The van der Waals surface area contributed by atoms with Gasteiger partial charge in [-0.3, -0.25) is 14.4 Å². The molecule has 0 heterocycles. The molecule has 0 aliphatic rings. The third-order valence-electron chi connectivity index (χ3n) is 11.5. The van der Waals surface area contributed by atoms with Crippen LogP contribution >= 0.6 is 0 Å². The smallest absolute Gasteiger partial charge is 0.306 e. The Bertz CT molecular complexity index is 1150. The molecule has 0 aromatic carbocycles. The number of carbonyl (C=O) groups is 3. The lowest BCUT2D eigenvalue weighted by atomic mass is 10.0. The maximum atomic E-state index is 12.8. The zero-order chi connectivity index (χ0) is 45.8. The molecule has 0 spiro atoms. The molecule has 0 fully saturated rings. The molecule has 6 nitrogen and oxygen atoms in total. The lowest BCUT2D eigenvalue weighted by Crippen LogP contribution is -2.30.